The summed E-state index contributed by atoms with van der Waals surface area (Å²) in [6.45, 7) is 1.58. The first-order valence-corrected chi connectivity index (χ1v) is 7.30. The fraction of sp³-hybridized carbons (Fsp3) is 0.500. The molecule has 1 rings (SSSR count). The van der Waals surface area contributed by atoms with Crippen molar-refractivity contribution in [1.82, 2.24) is 4.37 Å². The van der Waals surface area contributed by atoms with E-state index < -0.39 is 27.5 Å². The van der Waals surface area contributed by atoms with Crippen molar-refractivity contribution in [3.8, 4) is 0 Å². The number of alkyl halides is 3. The van der Waals surface area contributed by atoms with Crippen molar-refractivity contribution in [1.29, 1.82) is 0 Å². The number of nitrogens with zero attached hydrogens (tertiary/aromatic N) is 2. The van der Waals surface area contributed by atoms with Gasteiger partial charge in [0.25, 0.3) is 5.91 Å². The minimum atomic E-state index is -4.59. The smallest absolute Gasteiger partial charge is 0.265 e. The summed E-state index contributed by atoms with van der Waals surface area (Å²) in [6, 6.07) is 0.613. The lowest BCUT2D eigenvalue weighted by Gasteiger charge is -1.99. The maximum absolute atomic E-state index is 12.2. The normalized spacial score (nSPS) is 15.4. The summed E-state index contributed by atoms with van der Waals surface area (Å²) >= 11 is 0.397. The largest absolute Gasteiger partial charge is 0.434 e. The second-order valence-electron chi connectivity index (χ2n) is 3.22. The predicted octanol–water partition coefficient (Wildman–Crippen LogP) is 2.42. The number of aromatic nitrogens is 1. The molecule has 1 aromatic heterocycles. The third-order valence-electron chi connectivity index (χ3n) is 1.82. The maximum atomic E-state index is 12.2. The van der Waals surface area contributed by atoms with Crippen LogP contribution in [0.25, 0.3) is 0 Å². The van der Waals surface area contributed by atoms with Gasteiger partial charge in [-0.05, 0) is 17.6 Å². The van der Waals surface area contributed by atoms with Crippen LogP contribution in [0.1, 0.15) is 22.3 Å². The first-order valence-electron chi connectivity index (χ1n) is 4.44. The van der Waals surface area contributed by atoms with E-state index in [0.29, 0.717) is 17.6 Å². The highest BCUT2D eigenvalue weighted by atomic mass is 32.2. The molecule has 1 unspecified atom stereocenters. The monoisotopic (exact) mass is 286 g/mol. The quantitative estimate of drug-likeness (QED) is 0.839. The van der Waals surface area contributed by atoms with Gasteiger partial charge in [0.1, 0.15) is 4.88 Å². The highest BCUT2D eigenvalue weighted by Gasteiger charge is 2.34. The van der Waals surface area contributed by atoms with Gasteiger partial charge in [-0.25, -0.2) is 4.21 Å². The van der Waals surface area contributed by atoms with E-state index >= 15 is 0 Å². The Balaban J connectivity index is 3.05. The van der Waals surface area contributed by atoms with E-state index in [2.05, 4.69) is 8.74 Å². The molecule has 17 heavy (non-hydrogen) atoms. The van der Waals surface area contributed by atoms with Crippen LogP contribution in [0.2, 0.25) is 0 Å². The zero-order chi connectivity index (χ0) is 13.3. The van der Waals surface area contributed by atoms with Gasteiger partial charge in [0.2, 0.25) is 0 Å². The van der Waals surface area contributed by atoms with E-state index in [-0.39, 0.29) is 10.6 Å². The molecule has 4 nitrogen and oxygen atoms in total. The number of hydrogen-bond acceptors (Lipinski definition) is 4. The van der Waals surface area contributed by atoms with E-state index in [1.165, 1.54) is 6.26 Å². The third kappa shape index (κ3) is 3.77. The second kappa shape index (κ2) is 4.73. The molecule has 1 heterocycles. The Hall–Kier alpha value is -0.960. The van der Waals surface area contributed by atoms with Crippen LogP contribution in [0.5, 0.6) is 0 Å². The Labute approximate surface area is 100 Å². The Kier molecular flexibility index (Phi) is 3.92. The number of halogens is 3. The molecule has 0 bridgehead atoms. The minimum absolute atomic E-state index is 0.156. The van der Waals surface area contributed by atoms with Gasteiger partial charge in [0, 0.05) is 12.0 Å². The van der Waals surface area contributed by atoms with Gasteiger partial charge in [-0.3, -0.25) is 4.79 Å². The van der Waals surface area contributed by atoms with E-state index in [4.69, 9.17) is 0 Å². The van der Waals surface area contributed by atoms with Crippen LogP contribution >= 0.6 is 11.5 Å². The van der Waals surface area contributed by atoms with Gasteiger partial charge >= 0.3 is 6.18 Å². The molecule has 0 aliphatic heterocycles. The van der Waals surface area contributed by atoms with Crippen molar-refractivity contribution in [2.24, 2.45) is 4.36 Å². The van der Waals surface area contributed by atoms with E-state index in [9.17, 15) is 22.2 Å². The molecule has 96 valence electrons. The average molecular weight is 286 g/mol. The zero-order valence-electron chi connectivity index (χ0n) is 8.95. The third-order valence-corrected chi connectivity index (χ3v) is 4.22. The van der Waals surface area contributed by atoms with E-state index in [1.54, 1.807) is 6.92 Å². The van der Waals surface area contributed by atoms with Crippen LogP contribution in [0.3, 0.4) is 0 Å². The molecule has 1 amide bonds. The molecule has 0 saturated carbocycles. The Morgan fingerprint density at radius 1 is 1.59 bits per heavy atom. The number of carbonyl (C=O) groups excluding carboxylic acids is 1. The summed E-state index contributed by atoms with van der Waals surface area (Å²) < 4.78 is 54.7. The molecule has 0 aliphatic rings. The summed E-state index contributed by atoms with van der Waals surface area (Å²) in [5.74, 6) is -0.767. The van der Waals surface area contributed by atoms with Crippen molar-refractivity contribution in [2.75, 3.05) is 12.0 Å². The lowest BCUT2D eigenvalue weighted by atomic mass is 10.3. The molecule has 0 spiro atoms. The lowest BCUT2D eigenvalue weighted by Crippen LogP contribution is -2.05. The van der Waals surface area contributed by atoms with Gasteiger partial charge in [-0.2, -0.15) is 21.9 Å². The summed E-state index contributed by atoms with van der Waals surface area (Å²) in [4.78, 5) is 11.2. The van der Waals surface area contributed by atoms with E-state index in [0.717, 1.165) is 0 Å². The predicted molar refractivity (Wildman–Crippen MR) is 58.5 cm³/mol. The van der Waals surface area contributed by atoms with Crippen molar-refractivity contribution in [3.63, 3.8) is 0 Å². The van der Waals surface area contributed by atoms with Crippen LogP contribution in [-0.2, 0) is 15.9 Å². The first kappa shape index (κ1) is 14.1. The first-order chi connectivity index (χ1) is 7.65. The molecular weight excluding hydrogens is 277 g/mol. The summed E-state index contributed by atoms with van der Waals surface area (Å²) in [5, 5.41) is 0. The minimum Gasteiger partial charge on any atom is -0.265 e. The highest BCUT2D eigenvalue weighted by molar-refractivity contribution is 7.93. The number of hydrogen-bond donors (Lipinski definition) is 0. The molecule has 0 aliphatic carbocycles. The fourth-order valence-corrected chi connectivity index (χ4v) is 2.07. The highest BCUT2D eigenvalue weighted by Crippen LogP contribution is 2.30. The summed E-state index contributed by atoms with van der Waals surface area (Å²) in [5.41, 5.74) is -1.14. The van der Waals surface area contributed by atoms with Gasteiger partial charge < -0.3 is 0 Å². The van der Waals surface area contributed by atoms with Crippen LogP contribution in [0.4, 0.5) is 13.2 Å². The zero-order valence-corrected chi connectivity index (χ0v) is 10.6. The molecule has 0 saturated heterocycles. The molecule has 0 N–H and O–H groups in total. The molecule has 0 radical (unpaired) electrons. The molecule has 1 atom stereocenters. The van der Waals surface area contributed by atoms with Gasteiger partial charge in [0.05, 0.1) is 9.73 Å². The van der Waals surface area contributed by atoms with Crippen molar-refractivity contribution < 1.29 is 22.2 Å². The molecule has 1 aromatic rings. The van der Waals surface area contributed by atoms with Gasteiger partial charge in [0.15, 0.2) is 5.69 Å². The van der Waals surface area contributed by atoms with Crippen molar-refractivity contribution in [3.05, 3.63) is 16.6 Å². The van der Waals surface area contributed by atoms with E-state index in [1.807, 2.05) is 0 Å². The summed E-state index contributed by atoms with van der Waals surface area (Å²) in [6.07, 6.45) is -3.32. The Morgan fingerprint density at radius 3 is 2.59 bits per heavy atom. The van der Waals surface area contributed by atoms with Gasteiger partial charge in [-0.1, -0.05) is 6.92 Å². The standard InChI is InChI=1S/C8H9F3N2O2S2/c1-3-17(2,15)13-7(14)5-4-6(12-16-5)8(9,10)11/h4H,3H2,1-2H3. The van der Waals surface area contributed by atoms with Gasteiger partial charge in [-0.15, -0.1) is 0 Å². The summed E-state index contributed by atoms with van der Waals surface area (Å²) in [7, 11) is -2.67. The Morgan fingerprint density at radius 2 is 2.18 bits per heavy atom. The average Bonchev–Trinajstić information content (AvgIpc) is 2.65. The molecular formula is C8H9F3N2O2S2. The molecule has 0 aromatic carbocycles. The molecule has 9 heteroatoms. The maximum Gasteiger partial charge on any atom is 0.434 e. The van der Waals surface area contributed by atoms with Crippen LogP contribution in [0.15, 0.2) is 10.4 Å². The van der Waals surface area contributed by atoms with Crippen molar-refractivity contribution in [2.45, 2.75) is 13.1 Å². The van der Waals surface area contributed by atoms with Crippen LogP contribution < -0.4 is 0 Å². The number of rotatable bonds is 2. The van der Waals surface area contributed by atoms with Crippen LogP contribution in [0, 0.1) is 0 Å². The Bertz CT molecular complexity index is 541. The SMILES string of the molecule is CCS(C)(=O)=NC(=O)c1cc(C(F)(F)F)ns1. The number of amides is 1. The van der Waals surface area contributed by atoms with Crippen molar-refractivity contribution >= 4 is 27.2 Å². The fourth-order valence-electron chi connectivity index (χ4n) is 0.795. The molecule has 0 fully saturated rings. The second-order valence-corrected chi connectivity index (χ2v) is 6.70. The van der Waals surface area contributed by atoms with Crippen LogP contribution in [-0.4, -0.2) is 26.5 Å². The topological polar surface area (TPSA) is 59.4 Å². The lowest BCUT2D eigenvalue weighted by molar-refractivity contribution is -0.140. The number of carbonyl (C=O) groups is 1.